The Morgan fingerprint density at radius 3 is 2.62 bits per heavy atom. The maximum atomic E-state index is 10.4. The third kappa shape index (κ3) is 6.46. The lowest BCUT2D eigenvalue weighted by atomic mass is 9.88. The first-order chi connectivity index (χ1) is 9.91. The molecule has 1 aliphatic rings. The second-order valence-corrected chi connectivity index (χ2v) is 5.48. The van der Waals surface area contributed by atoms with Gasteiger partial charge in [-0.1, -0.05) is 24.3 Å². The molecule has 0 saturated heterocycles. The molecule has 1 fully saturated rings. The quantitative estimate of drug-likeness (QED) is 0.298. The standard InChI is InChI=1S/C15H23BO5/c16-14(19)8-7-11-10(12(17)9-13(11)18)5-3-1-2-4-6-15(20)21/h1,3,7-8,10-14,17-19H,2,4-6,9H2,(H,20,21)/b3-1?,8-7+/t10-,11-,12?,13-,14?/m1/s1. The van der Waals surface area contributed by atoms with E-state index in [1.807, 2.05) is 12.2 Å². The summed E-state index contributed by atoms with van der Waals surface area (Å²) in [5.74, 6) is -1.16. The van der Waals surface area contributed by atoms with Crippen molar-refractivity contribution in [2.75, 3.05) is 0 Å². The highest BCUT2D eigenvalue weighted by atomic mass is 16.4. The average Bonchev–Trinajstić information content (AvgIpc) is 2.65. The molecule has 4 N–H and O–H groups in total. The number of aliphatic hydroxyl groups is 3. The molecular weight excluding hydrogens is 271 g/mol. The van der Waals surface area contributed by atoms with E-state index in [-0.39, 0.29) is 18.3 Å². The van der Waals surface area contributed by atoms with Gasteiger partial charge < -0.3 is 20.4 Å². The van der Waals surface area contributed by atoms with E-state index >= 15 is 0 Å². The summed E-state index contributed by atoms with van der Waals surface area (Å²) >= 11 is 0. The second-order valence-electron chi connectivity index (χ2n) is 5.48. The Kier molecular flexibility index (Phi) is 7.71. The molecule has 1 aliphatic carbocycles. The number of aliphatic hydroxyl groups excluding tert-OH is 3. The Labute approximate surface area is 126 Å². The summed E-state index contributed by atoms with van der Waals surface area (Å²) in [4.78, 5) is 10.4. The molecule has 0 heterocycles. The summed E-state index contributed by atoms with van der Waals surface area (Å²) in [5.41, 5.74) is 0. The third-order valence-electron chi connectivity index (χ3n) is 3.78. The minimum absolute atomic E-state index is 0.120. The predicted octanol–water partition coefficient (Wildman–Crippen LogP) is 0.589. The van der Waals surface area contributed by atoms with Crippen molar-refractivity contribution >= 4 is 13.8 Å². The first-order valence-electron chi connectivity index (χ1n) is 7.26. The van der Waals surface area contributed by atoms with Crippen molar-refractivity contribution in [1.82, 2.24) is 0 Å². The third-order valence-corrected chi connectivity index (χ3v) is 3.78. The van der Waals surface area contributed by atoms with E-state index in [1.165, 1.54) is 6.08 Å². The van der Waals surface area contributed by atoms with Crippen molar-refractivity contribution in [3.05, 3.63) is 24.3 Å². The van der Waals surface area contributed by atoms with Gasteiger partial charge in [0, 0.05) is 24.8 Å². The van der Waals surface area contributed by atoms with E-state index in [0.29, 0.717) is 25.7 Å². The monoisotopic (exact) mass is 294 g/mol. The topological polar surface area (TPSA) is 98.0 Å². The average molecular weight is 294 g/mol. The van der Waals surface area contributed by atoms with Gasteiger partial charge >= 0.3 is 5.97 Å². The molecule has 6 heteroatoms. The summed E-state index contributed by atoms with van der Waals surface area (Å²) < 4.78 is 0. The van der Waals surface area contributed by atoms with E-state index in [2.05, 4.69) is 0 Å². The summed E-state index contributed by atoms with van der Waals surface area (Å²) in [6, 6.07) is -1.07. The van der Waals surface area contributed by atoms with Crippen LogP contribution >= 0.6 is 0 Å². The van der Waals surface area contributed by atoms with Gasteiger partial charge in [-0.25, -0.2) is 0 Å². The Morgan fingerprint density at radius 1 is 1.29 bits per heavy atom. The zero-order valence-corrected chi connectivity index (χ0v) is 12.0. The highest BCUT2D eigenvalue weighted by molar-refractivity contribution is 6.12. The zero-order chi connectivity index (χ0) is 15.8. The maximum absolute atomic E-state index is 10.4. The molecule has 1 saturated carbocycles. The lowest BCUT2D eigenvalue weighted by Gasteiger charge is -2.19. The van der Waals surface area contributed by atoms with Gasteiger partial charge in [0.25, 0.3) is 0 Å². The number of carbonyl (C=O) groups is 1. The molecule has 5 atom stereocenters. The minimum atomic E-state index is -1.07. The molecule has 0 spiro atoms. The lowest BCUT2D eigenvalue weighted by Crippen LogP contribution is -2.20. The van der Waals surface area contributed by atoms with Gasteiger partial charge in [-0.15, -0.1) is 0 Å². The van der Waals surface area contributed by atoms with Crippen LogP contribution in [0.4, 0.5) is 0 Å². The van der Waals surface area contributed by atoms with Crippen LogP contribution < -0.4 is 0 Å². The second kappa shape index (κ2) is 9.02. The van der Waals surface area contributed by atoms with Crippen molar-refractivity contribution in [2.24, 2.45) is 11.8 Å². The Hall–Kier alpha value is -1.11. The van der Waals surface area contributed by atoms with Crippen LogP contribution in [0.25, 0.3) is 0 Å². The summed E-state index contributed by atoms with van der Waals surface area (Å²) in [6.45, 7) is 0. The van der Waals surface area contributed by atoms with E-state index in [1.54, 1.807) is 6.08 Å². The van der Waals surface area contributed by atoms with Gasteiger partial charge in [-0.3, -0.25) is 4.79 Å². The first-order valence-corrected chi connectivity index (χ1v) is 7.26. The number of hydrogen-bond acceptors (Lipinski definition) is 4. The largest absolute Gasteiger partial charge is 0.481 e. The minimum Gasteiger partial charge on any atom is -0.481 e. The SMILES string of the molecule is [B]C(O)/C=C/[C@H]1[C@H](O)CC(O)[C@@H]1CC=CCCCC(=O)O. The van der Waals surface area contributed by atoms with Crippen LogP contribution in [0.3, 0.4) is 0 Å². The van der Waals surface area contributed by atoms with Gasteiger partial charge in [0.1, 0.15) is 7.85 Å². The van der Waals surface area contributed by atoms with Crippen LogP contribution in [0.15, 0.2) is 24.3 Å². The van der Waals surface area contributed by atoms with Crippen molar-refractivity contribution < 1.29 is 25.2 Å². The highest BCUT2D eigenvalue weighted by Crippen LogP contribution is 2.36. The number of hydrogen-bond donors (Lipinski definition) is 4. The Balaban J connectivity index is 2.46. The van der Waals surface area contributed by atoms with Crippen molar-refractivity contribution in [2.45, 2.75) is 50.3 Å². The summed E-state index contributed by atoms with van der Waals surface area (Å²) in [7, 11) is 5.24. The molecular formula is C15H23BO5. The van der Waals surface area contributed by atoms with Gasteiger partial charge in [-0.2, -0.15) is 0 Å². The zero-order valence-electron chi connectivity index (χ0n) is 12.0. The van der Waals surface area contributed by atoms with Crippen molar-refractivity contribution in [3.63, 3.8) is 0 Å². The summed E-state index contributed by atoms with van der Waals surface area (Å²) in [5, 5.41) is 37.5. The van der Waals surface area contributed by atoms with Gasteiger partial charge in [0.05, 0.1) is 12.2 Å². The number of carboxylic acids is 1. The number of aliphatic carboxylic acids is 1. The molecule has 0 aromatic heterocycles. The van der Waals surface area contributed by atoms with Crippen LogP contribution in [0.5, 0.6) is 0 Å². The fraction of sp³-hybridized carbons (Fsp3) is 0.667. The number of rotatable bonds is 8. The van der Waals surface area contributed by atoms with Crippen molar-refractivity contribution in [3.8, 4) is 0 Å². The maximum Gasteiger partial charge on any atom is 0.303 e. The predicted molar refractivity (Wildman–Crippen MR) is 79.8 cm³/mol. The normalized spacial score (nSPS) is 31.2. The van der Waals surface area contributed by atoms with Crippen LogP contribution in [-0.4, -0.2) is 52.5 Å². The van der Waals surface area contributed by atoms with E-state index in [9.17, 15) is 15.0 Å². The molecule has 1 rings (SSSR count). The van der Waals surface area contributed by atoms with Gasteiger partial charge in [-0.05, 0) is 25.2 Å². The molecule has 2 unspecified atom stereocenters. The first kappa shape index (κ1) is 17.9. The van der Waals surface area contributed by atoms with Crippen molar-refractivity contribution in [1.29, 1.82) is 0 Å². The molecule has 21 heavy (non-hydrogen) atoms. The molecule has 0 aromatic carbocycles. The molecule has 5 nitrogen and oxygen atoms in total. The van der Waals surface area contributed by atoms with E-state index < -0.39 is 24.2 Å². The van der Waals surface area contributed by atoms with E-state index in [0.717, 1.165) is 0 Å². The molecule has 0 amide bonds. The molecule has 116 valence electrons. The van der Waals surface area contributed by atoms with Gasteiger partial charge in [0.15, 0.2) is 0 Å². The fourth-order valence-corrected chi connectivity index (χ4v) is 2.69. The van der Waals surface area contributed by atoms with Gasteiger partial charge in [0.2, 0.25) is 0 Å². The highest BCUT2D eigenvalue weighted by Gasteiger charge is 2.39. The van der Waals surface area contributed by atoms with Crippen LogP contribution in [0, 0.1) is 11.8 Å². The van der Waals surface area contributed by atoms with Crippen LogP contribution in [0.1, 0.15) is 32.1 Å². The Bertz CT molecular complexity index is 380. The summed E-state index contributed by atoms with van der Waals surface area (Å²) in [6.07, 6.45) is 7.98. The fourth-order valence-electron chi connectivity index (χ4n) is 2.69. The molecule has 0 bridgehead atoms. The van der Waals surface area contributed by atoms with Crippen LogP contribution in [0.2, 0.25) is 0 Å². The smallest absolute Gasteiger partial charge is 0.303 e. The van der Waals surface area contributed by atoms with Crippen LogP contribution in [-0.2, 0) is 4.79 Å². The lowest BCUT2D eigenvalue weighted by molar-refractivity contribution is -0.137. The molecule has 0 aromatic rings. The molecule has 2 radical (unpaired) electrons. The number of unbranched alkanes of at least 4 members (excludes halogenated alkanes) is 1. The van der Waals surface area contributed by atoms with E-state index in [4.69, 9.17) is 18.1 Å². The molecule has 0 aliphatic heterocycles. The number of allylic oxidation sites excluding steroid dienone is 2. The Morgan fingerprint density at radius 2 is 2.00 bits per heavy atom. The number of carboxylic acid groups (broad SMARTS) is 1.